The van der Waals surface area contributed by atoms with Crippen molar-refractivity contribution < 1.29 is 18.0 Å². The van der Waals surface area contributed by atoms with Gasteiger partial charge in [-0.2, -0.15) is 0 Å². The summed E-state index contributed by atoms with van der Waals surface area (Å²) in [5.41, 5.74) is 2.96. The first kappa shape index (κ1) is 30.1. The Bertz CT molecular complexity index is 1170. The fraction of sp³-hybridized carbons (Fsp3) is 0.531. The van der Waals surface area contributed by atoms with Gasteiger partial charge in [0.05, 0.1) is 12.2 Å². The van der Waals surface area contributed by atoms with Crippen LogP contribution in [0, 0.1) is 0 Å². The molecule has 3 rings (SSSR count). The maximum absolute atomic E-state index is 12.7. The molecule has 0 atom stereocenters. The van der Waals surface area contributed by atoms with Crippen LogP contribution in [0.15, 0.2) is 57.7 Å². The van der Waals surface area contributed by atoms with Gasteiger partial charge in [-0.1, -0.05) is 89.0 Å². The highest BCUT2D eigenvalue weighted by Crippen LogP contribution is 2.27. The minimum absolute atomic E-state index is 0.308. The summed E-state index contributed by atoms with van der Waals surface area (Å²) in [6, 6.07) is 16.8. The van der Waals surface area contributed by atoms with E-state index in [1.807, 2.05) is 42.5 Å². The van der Waals surface area contributed by atoms with Gasteiger partial charge in [0.25, 0.3) is 0 Å². The molecule has 1 heterocycles. The van der Waals surface area contributed by atoms with Gasteiger partial charge >= 0.3 is 14.2 Å². The van der Waals surface area contributed by atoms with E-state index in [9.17, 15) is 4.79 Å². The summed E-state index contributed by atoms with van der Waals surface area (Å²) in [7, 11) is 1.67. The predicted octanol–water partition coefficient (Wildman–Crippen LogP) is 8.67. The lowest BCUT2D eigenvalue weighted by atomic mass is 9.99. The normalized spacial score (nSPS) is 11.8. The molecule has 5 nitrogen and oxygen atoms in total. The average molecular weight is 539 g/mol. The fourth-order valence-electron chi connectivity index (χ4n) is 4.90. The Morgan fingerprint density at radius 2 is 1.39 bits per heavy atom. The Kier molecular flexibility index (Phi) is 12.6. The second-order valence-electron chi connectivity index (χ2n) is 10.3. The van der Waals surface area contributed by atoms with Gasteiger partial charge in [-0.25, -0.2) is 4.79 Å². The van der Waals surface area contributed by atoms with Crippen LogP contribution in [0.1, 0.15) is 76.7 Å². The van der Waals surface area contributed by atoms with Gasteiger partial charge in [-0.3, -0.25) is 0 Å². The quantitative estimate of drug-likeness (QED) is 0.0921. The topological polar surface area (TPSA) is 57.9 Å². The summed E-state index contributed by atoms with van der Waals surface area (Å²) in [6.45, 7) is 4.92. The zero-order valence-corrected chi connectivity index (χ0v) is 24.9. The molecule has 0 aliphatic carbocycles. The molecule has 2 aromatic carbocycles. The minimum Gasteiger partial charge on any atom is -0.493 e. The van der Waals surface area contributed by atoms with Crippen molar-refractivity contribution in [1.29, 1.82) is 0 Å². The second kappa shape index (κ2) is 15.9. The van der Waals surface area contributed by atoms with Crippen molar-refractivity contribution in [3.05, 3.63) is 64.5 Å². The number of hydrogen-bond acceptors (Lipinski definition) is 5. The molecular formula is C32H46O5Si. The largest absolute Gasteiger partial charge is 0.493 e. The van der Waals surface area contributed by atoms with Crippen LogP contribution in [0.5, 0.6) is 5.75 Å². The molecule has 0 spiro atoms. The Morgan fingerprint density at radius 3 is 2.05 bits per heavy atom. The van der Waals surface area contributed by atoms with Gasteiger partial charge in [0.1, 0.15) is 11.3 Å². The van der Waals surface area contributed by atoms with Crippen LogP contribution >= 0.6 is 0 Å². The van der Waals surface area contributed by atoms with Gasteiger partial charge in [-0.15, -0.1) is 0 Å². The summed E-state index contributed by atoms with van der Waals surface area (Å²) in [5, 5.41) is 0.906. The van der Waals surface area contributed by atoms with Crippen molar-refractivity contribution in [3.8, 4) is 16.9 Å². The first-order valence-corrected chi connectivity index (χ1v) is 16.9. The van der Waals surface area contributed by atoms with E-state index in [4.69, 9.17) is 18.0 Å². The molecular weight excluding hydrogens is 492 g/mol. The highest BCUT2D eigenvalue weighted by atomic mass is 28.4. The lowest BCUT2D eigenvalue weighted by Gasteiger charge is -2.22. The first-order valence-electron chi connectivity index (χ1n) is 14.4. The molecule has 0 bridgehead atoms. The van der Waals surface area contributed by atoms with Crippen molar-refractivity contribution in [3.63, 3.8) is 0 Å². The van der Waals surface area contributed by atoms with Crippen LogP contribution in [0.25, 0.3) is 22.1 Å². The summed E-state index contributed by atoms with van der Waals surface area (Å²) in [4.78, 5) is 12.7. The van der Waals surface area contributed by atoms with E-state index < -0.39 is 8.56 Å². The van der Waals surface area contributed by atoms with Crippen LogP contribution in [0.2, 0.25) is 12.6 Å². The van der Waals surface area contributed by atoms with E-state index in [1.165, 1.54) is 57.8 Å². The molecule has 3 aromatic rings. The monoisotopic (exact) mass is 538 g/mol. The number of ether oxygens (including phenoxy) is 1. The highest BCUT2D eigenvalue weighted by Gasteiger charge is 2.27. The van der Waals surface area contributed by atoms with E-state index >= 15 is 0 Å². The lowest BCUT2D eigenvalue weighted by molar-refractivity contribution is 0.248. The van der Waals surface area contributed by atoms with Crippen molar-refractivity contribution in [2.45, 2.75) is 90.1 Å². The molecule has 0 aliphatic rings. The summed E-state index contributed by atoms with van der Waals surface area (Å²) in [5.74, 6) is 0.751. The molecule has 0 aliphatic heterocycles. The smallest absolute Gasteiger partial charge is 0.344 e. The third-order valence-electron chi connectivity index (χ3n) is 7.55. The Balaban J connectivity index is 1.31. The molecule has 0 saturated carbocycles. The molecule has 0 fully saturated rings. The van der Waals surface area contributed by atoms with Gasteiger partial charge in [0.2, 0.25) is 0 Å². The molecule has 38 heavy (non-hydrogen) atoms. The zero-order chi connectivity index (χ0) is 27.2. The Hall–Kier alpha value is -2.41. The Morgan fingerprint density at radius 1 is 0.763 bits per heavy atom. The molecule has 0 amide bonds. The van der Waals surface area contributed by atoms with Crippen molar-refractivity contribution in [2.75, 3.05) is 20.8 Å². The lowest BCUT2D eigenvalue weighted by Crippen LogP contribution is -2.35. The van der Waals surface area contributed by atoms with Crippen LogP contribution in [-0.4, -0.2) is 29.4 Å². The maximum Gasteiger partial charge on any atom is 0.344 e. The van der Waals surface area contributed by atoms with E-state index in [0.717, 1.165) is 41.1 Å². The van der Waals surface area contributed by atoms with Gasteiger partial charge in [0, 0.05) is 25.7 Å². The van der Waals surface area contributed by atoms with Gasteiger partial charge < -0.3 is 18.0 Å². The van der Waals surface area contributed by atoms with Crippen LogP contribution in [0.3, 0.4) is 0 Å². The van der Waals surface area contributed by atoms with Gasteiger partial charge in [-0.05, 0) is 54.8 Å². The third-order valence-corrected chi connectivity index (χ3v) is 10.5. The summed E-state index contributed by atoms with van der Waals surface area (Å²) >= 11 is 0. The molecule has 0 radical (unpaired) electrons. The molecule has 1 aromatic heterocycles. The number of unbranched alkanes of at least 4 members (excludes halogenated alkanes) is 9. The van der Waals surface area contributed by atoms with E-state index in [0.29, 0.717) is 17.8 Å². The summed E-state index contributed by atoms with van der Waals surface area (Å²) < 4.78 is 22.7. The number of benzene rings is 2. The highest BCUT2D eigenvalue weighted by molar-refractivity contribution is 6.65. The van der Waals surface area contributed by atoms with E-state index in [-0.39, 0.29) is 5.63 Å². The third kappa shape index (κ3) is 9.11. The number of fused-ring (bicyclic) bond motifs is 1. The molecule has 0 N–H and O–H groups in total. The predicted molar refractivity (Wildman–Crippen MR) is 159 cm³/mol. The van der Waals surface area contributed by atoms with Crippen molar-refractivity contribution in [2.24, 2.45) is 0 Å². The van der Waals surface area contributed by atoms with Crippen molar-refractivity contribution >= 4 is 19.5 Å². The van der Waals surface area contributed by atoms with Crippen molar-refractivity contribution in [1.82, 2.24) is 0 Å². The zero-order valence-electron chi connectivity index (χ0n) is 23.9. The fourth-order valence-corrected chi connectivity index (χ4v) is 6.37. The summed E-state index contributed by atoms with van der Waals surface area (Å²) in [6.07, 6.45) is 13.4. The van der Waals surface area contributed by atoms with Crippen LogP contribution in [-0.2, 0) is 15.3 Å². The number of rotatable bonds is 18. The van der Waals surface area contributed by atoms with E-state index in [2.05, 4.69) is 19.5 Å². The Labute approximate surface area is 229 Å². The molecule has 0 unspecified atom stereocenters. The number of hydrogen-bond donors (Lipinski definition) is 0. The SMILES string of the molecule is CCc1ccccc1-c1cc2ccc(OCCCCCCCCCCCC[Si](C)(OC)OC)cc2oc1=O. The molecule has 6 heteroatoms. The van der Waals surface area contributed by atoms with Crippen LogP contribution in [0.4, 0.5) is 0 Å². The standard InChI is InChI=1S/C32H46O5Si/c1-5-26-18-14-15-19-29(26)30-24-27-20-21-28(25-31(27)37-32(30)33)36-22-16-12-10-8-6-7-9-11-13-17-23-38(4,34-2)35-3/h14-15,18-21,24-25H,5-13,16-17,22-23H2,1-4H3. The number of aryl methyl sites for hydroxylation is 1. The maximum atomic E-state index is 12.7. The average Bonchev–Trinajstić information content (AvgIpc) is 2.94. The first-order chi connectivity index (χ1) is 18.5. The van der Waals surface area contributed by atoms with Crippen LogP contribution < -0.4 is 10.4 Å². The molecule has 208 valence electrons. The minimum atomic E-state index is -1.88. The van der Waals surface area contributed by atoms with E-state index in [1.54, 1.807) is 14.2 Å². The van der Waals surface area contributed by atoms with Gasteiger partial charge in [0.15, 0.2) is 0 Å². The molecule has 0 saturated heterocycles. The second-order valence-corrected chi connectivity index (χ2v) is 13.9.